The molecule has 1 nitrogen and oxygen atoms in total. The molecule has 0 aliphatic heterocycles. The van der Waals surface area contributed by atoms with E-state index in [9.17, 15) is 0 Å². The lowest BCUT2D eigenvalue weighted by atomic mass is 10.1. The first kappa shape index (κ1) is 15.1. The Balaban J connectivity index is 2.48. The molecule has 0 saturated heterocycles. The van der Waals surface area contributed by atoms with Crippen LogP contribution in [0.4, 0.5) is 0 Å². The lowest BCUT2D eigenvalue weighted by Crippen LogP contribution is -2.24. The molecule has 0 amide bonds. The lowest BCUT2D eigenvalue weighted by Gasteiger charge is -2.17. The zero-order valence-corrected chi connectivity index (χ0v) is 13.1. The fourth-order valence-corrected chi connectivity index (χ4v) is 3.57. The summed E-state index contributed by atoms with van der Waals surface area (Å²) < 4.78 is 0. The third kappa shape index (κ3) is 5.94. The Labute approximate surface area is 114 Å². The van der Waals surface area contributed by atoms with Crippen molar-refractivity contribution < 1.29 is 0 Å². The van der Waals surface area contributed by atoms with Gasteiger partial charge in [-0.1, -0.05) is 20.8 Å². The predicted octanol–water partition coefficient (Wildman–Crippen LogP) is 4.49. The van der Waals surface area contributed by atoms with Crippen LogP contribution in [0.2, 0.25) is 0 Å². The Kier molecular flexibility index (Phi) is 7.24. The third-order valence-electron chi connectivity index (χ3n) is 2.53. The maximum absolute atomic E-state index is 3.66. The molecule has 0 aromatic carbocycles. The van der Waals surface area contributed by atoms with E-state index in [0.29, 0.717) is 6.04 Å². The first-order valence-corrected chi connectivity index (χ1v) is 8.53. The summed E-state index contributed by atoms with van der Waals surface area (Å²) in [6.07, 6.45) is 1.20. The normalized spacial score (nSPS) is 13.2. The van der Waals surface area contributed by atoms with Crippen molar-refractivity contribution in [1.82, 2.24) is 5.32 Å². The van der Waals surface area contributed by atoms with Crippen molar-refractivity contribution in [2.75, 3.05) is 18.1 Å². The highest BCUT2D eigenvalue weighted by Crippen LogP contribution is 2.24. The maximum Gasteiger partial charge on any atom is 0.0420 e. The Morgan fingerprint density at radius 3 is 2.65 bits per heavy atom. The Morgan fingerprint density at radius 1 is 1.35 bits per heavy atom. The fourth-order valence-electron chi connectivity index (χ4n) is 1.66. The third-order valence-corrected chi connectivity index (χ3v) is 4.88. The van der Waals surface area contributed by atoms with Gasteiger partial charge in [0.15, 0.2) is 0 Å². The number of rotatable bonds is 8. The van der Waals surface area contributed by atoms with Crippen LogP contribution in [0.1, 0.15) is 43.7 Å². The number of thiophene rings is 1. The van der Waals surface area contributed by atoms with Crippen molar-refractivity contribution in [1.29, 1.82) is 0 Å². The monoisotopic (exact) mass is 271 g/mol. The minimum Gasteiger partial charge on any atom is -0.309 e. The van der Waals surface area contributed by atoms with Crippen LogP contribution in [0.5, 0.6) is 0 Å². The SMILES string of the molecule is CCCNC(CSCC(C)C)c1csc(C)c1. The lowest BCUT2D eigenvalue weighted by molar-refractivity contribution is 0.578. The summed E-state index contributed by atoms with van der Waals surface area (Å²) in [5, 5.41) is 5.96. The van der Waals surface area contributed by atoms with E-state index in [-0.39, 0.29) is 0 Å². The summed E-state index contributed by atoms with van der Waals surface area (Å²) in [4.78, 5) is 1.41. The minimum atomic E-state index is 0.531. The molecule has 1 aromatic rings. The van der Waals surface area contributed by atoms with Crippen LogP contribution >= 0.6 is 23.1 Å². The minimum absolute atomic E-state index is 0.531. The van der Waals surface area contributed by atoms with Gasteiger partial charge in [0.2, 0.25) is 0 Å². The van der Waals surface area contributed by atoms with E-state index in [1.54, 1.807) is 0 Å². The number of aryl methyl sites for hydroxylation is 1. The van der Waals surface area contributed by atoms with E-state index >= 15 is 0 Å². The van der Waals surface area contributed by atoms with E-state index in [1.807, 2.05) is 11.3 Å². The van der Waals surface area contributed by atoms with Crippen molar-refractivity contribution in [3.05, 3.63) is 21.9 Å². The summed E-state index contributed by atoms with van der Waals surface area (Å²) >= 11 is 3.92. The molecule has 1 unspecified atom stereocenters. The molecule has 1 atom stereocenters. The molecular formula is C14H25NS2. The van der Waals surface area contributed by atoms with Gasteiger partial charge < -0.3 is 5.32 Å². The molecule has 0 aliphatic rings. The van der Waals surface area contributed by atoms with Gasteiger partial charge in [0.25, 0.3) is 0 Å². The molecule has 98 valence electrons. The molecule has 0 aliphatic carbocycles. The van der Waals surface area contributed by atoms with Crippen LogP contribution in [0.15, 0.2) is 11.4 Å². The number of hydrogen-bond acceptors (Lipinski definition) is 3. The summed E-state index contributed by atoms with van der Waals surface area (Å²) in [7, 11) is 0. The van der Waals surface area contributed by atoms with Gasteiger partial charge in [-0.2, -0.15) is 11.8 Å². The van der Waals surface area contributed by atoms with Gasteiger partial charge in [0.05, 0.1) is 0 Å². The van der Waals surface area contributed by atoms with Gasteiger partial charge >= 0.3 is 0 Å². The van der Waals surface area contributed by atoms with Gasteiger partial charge in [-0.3, -0.25) is 0 Å². The molecule has 17 heavy (non-hydrogen) atoms. The second kappa shape index (κ2) is 8.17. The number of thioether (sulfide) groups is 1. The van der Waals surface area contributed by atoms with E-state index in [4.69, 9.17) is 0 Å². The van der Waals surface area contributed by atoms with E-state index in [2.05, 4.69) is 56.2 Å². The first-order chi connectivity index (χ1) is 8.13. The van der Waals surface area contributed by atoms with Crippen molar-refractivity contribution in [3.8, 4) is 0 Å². The predicted molar refractivity (Wildman–Crippen MR) is 82.3 cm³/mol. The van der Waals surface area contributed by atoms with E-state index < -0.39 is 0 Å². The van der Waals surface area contributed by atoms with Gasteiger partial charge in [0.1, 0.15) is 0 Å². The number of nitrogens with one attached hydrogen (secondary N) is 1. The van der Waals surface area contributed by atoms with Crippen molar-refractivity contribution in [2.45, 2.75) is 40.2 Å². The molecule has 3 heteroatoms. The summed E-state index contributed by atoms with van der Waals surface area (Å²) in [5.41, 5.74) is 1.47. The molecule has 0 bridgehead atoms. The van der Waals surface area contributed by atoms with Crippen LogP contribution in [0.25, 0.3) is 0 Å². The maximum atomic E-state index is 3.66. The van der Waals surface area contributed by atoms with E-state index in [1.165, 1.54) is 28.4 Å². The Bertz CT molecular complexity index is 307. The van der Waals surface area contributed by atoms with Crippen molar-refractivity contribution >= 4 is 23.1 Å². The van der Waals surface area contributed by atoms with Crippen LogP contribution in [-0.2, 0) is 0 Å². The molecule has 0 radical (unpaired) electrons. The zero-order chi connectivity index (χ0) is 12.7. The average Bonchev–Trinajstić information content (AvgIpc) is 2.69. The van der Waals surface area contributed by atoms with Gasteiger partial charge in [0, 0.05) is 16.7 Å². The number of hydrogen-bond donors (Lipinski definition) is 1. The first-order valence-electron chi connectivity index (χ1n) is 6.49. The highest BCUT2D eigenvalue weighted by Gasteiger charge is 2.12. The van der Waals surface area contributed by atoms with Crippen molar-refractivity contribution in [2.24, 2.45) is 5.92 Å². The Hall–Kier alpha value is 0.0100. The van der Waals surface area contributed by atoms with Crippen LogP contribution < -0.4 is 5.32 Å². The molecule has 1 N–H and O–H groups in total. The molecule has 1 aromatic heterocycles. The standard InChI is InChI=1S/C14H25NS2/c1-5-6-15-14(10-16-8-11(2)3)13-7-12(4)17-9-13/h7,9,11,14-15H,5-6,8,10H2,1-4H3. The van der Waals surface area contributed by atoms with Crippen LogP contribution in [-0.4, -0.2) is 18.1 Å². The molecule has 0 spiro atoms. The van der Waals surface area contributed by atoms with Crippen LogP contribution in [0.3, 0.4) is 0 Å². The Morgan fingerprint density at radius 2 is 2.12 bits per heavy atom. The fraction of sp³-hybridized carbons (Fsp3) is 0.714. The molecule has 1 heterocycles. The van der Waals surface area contributed by atoms with Gasteiger partial charge in [-0.25, -0.2) is 0 Å². The van der Waals surface area contributed by atoms with Gasteiger partial charge in [-0.05, 0) is 48.6 Å². The molecule has 0 saturated carbocycles. The highest BCUT2D eigenvalue weighted by molar-refractivity contribution is 7.99. The average molecular weight is 271 g/mol. The molecular weight excluding hydrogens is 246 g/mol. The largest absolute Gasteiger partial charge is 0.309 e. The molecule has 1 rings (SSSR count). The van der Waals surface area contributed by atoms with Crippen LogP contribution in [0, 0.1) is 12.8 Å². The second-order valence-electron chi connectivity index (χ2n) is 4.93. The van der Waals surface area contributed by atoms with Crippen molar-refractivity contribution in [3.63, 3.8) is 0 Å². The topological polar surface area (TPSA) is 12.0 Å². The summed E-state index contributed by atoms with van der Waals surface area (Å²) in [6, 6.07) is 2.86. The summed E-state index contributed by atoms with van der Waals surface area (Å²) in [5.74, 6) is 3.23. The second-order valence-corrected chi connectivity index (χ2v) is 7.12. The van der Waals surface area contributed by atoms with Gasteiger partial charge in [-0.15, -0.1) is 11.3 Å². The summed E-state index contributed by atoms with van der Waals surface area (Å²) in [6.45, 7) is 10.1. The zero-order valence-electron chi connectivity index (χ0n) is 11.5. The molecule has 0 fully saturated rings. The quantitative estimate of drug-likeness (QED) is 0.748. The van der Waals surface area contributed by atoms with E-state index in [0.717, 1.165) is 12.5 Å². The highest BCUT2D eigenvalue weighted by atomic mass is 32.2. The smallest absolute Gasteiger partial charge is 0.0420 e.